The highest BCUT2D eigenvalue weighted by Gasteiger charge is 2.05. The van der Waals surface area contributed by atoms with E-state index in [0.29, 0.717) is 6.04 Å². The van der Waals surface area contributed by atoms with Crippen molar-refractivity contribution in [1.82, 2.24) is 9.88 Å². The molecule has 1 heterocycles. The third-order valence-corrected chi connectivity index (χ3v) is 2.78. The second-order valence-electron chi connectivity index (χ2n) is 3.88. The Morgan fingerprint density at radius 2 is 2.27 bits per heavy atom. The van der Waals surface area contributed by atoms with Crippen LogP contribution in [0.1, 0.15) is 20.3 Å². The van der Waals surface area contributed by atoms with Gasteiger partial charge in [-0.05, 0) is 32.5 Å². The minimum Gasteiger partial charge on any atom is -0.369 e. The van der Waals surface area contributed by atoms with Gasteiger partial charge in [-0.2, -0.15) is 0 Å². The average molecular weight is 207 g/mol. The van der Waals surface area contributed by atoms with Gasteiger partial charge in [-0.25, -0.2) is 4.98 Å². The van der Waals surface area contributed by atoms with E-state index in [4.69, 9.17) is 0 Å². The Kier molecular flexibility index (Phi) is 5.12. The fourth-order valence-electron chi connectivity index (χ4n) is 1.36. The van der Waals surface area contributed by atoms with E-state index in [2.05, 4.69) is 36.1 Å². The first-order chi connectivity index (χ1) is 7.24. The number of hydrogen-bond acceptors (Lipinski definition) is 3. The summed E-state index contributed by atoms with van der Waals surface area (Å²) in [4.78, 5) is 6.57. The fraction of sp³-hybridized carbons (Fsp3) is 0.583. The van der Waals surface area contributed by atoms with Gasteiger partial charge in [0.25, 0.3) is 0 Å². The molecule has 0 amide bonds. The molecule has 0 aliphatic heterocycles. The predicted molar refractivity (Wildman–Crippen MR) is 65.1 cm³/mol. The van der Waals surface area contributed by atoms with E-state index in [1.165, 1.54) is 6.42 Å². The van der Waals surface area contributed by atoms with Crippen molar-refractivity contribution in [3.8, 4) is 0 Å². The number of nitrogens with zero attached hydrogens (tertiary/aromatic N) is 2. The number of nitrogens with one attached hydrogen (secondary N) is 1. The zero-order valence-corrected chi connectivity index (χ0v) is 9.90. The first kappa shape index (κ1) is 12.0. The highest BCUT2D eigenvalue weighted by atomic mass is 15.1. The molecule has 1 unspecified atom stereocenters. The summed E-state index contributed by atoms with van der Waals surface area (Å²) in [5.74, 6) is 0.954. The predicted octanol–water partition coefficient (Wildman–Crippen LogP) is 2.22. The molecule has 1 N–H and O–H groups in total. The summed E-state index contributed by atoms with van der Waals surface area (Å²) < 4.78 is 0. The largest absolute Gasteiger partial charge is 0.369 e. The third-order valence-electron chi connectivity index (χ3n) is 2.78. The molecule has 84 valence electrons. The third kappa shape index (κ3) is 4.30. The summed E-state index contributed by atoms with van der Waals surface area (Å²) in [5.41, 5.74) is 0. The summed E-state index contributed by atoms with van der Waals surface area (Å²) in [6.45, 7) is 6.46. The van der Waals surface area contributed by atoms with E-state index >= 15 is 0 Å². The Balaban J connectivity index is 2.22. The molecule has 3 heteroatoms. The lowest BCUT2D eigenvalue weighted by atomic mass is 10.2. The monoisotopic (exact) mass is 207 g/mol. The maximum absolute atomic E-state index is 4.21. The van der Waals surface area contributed by atoms with Gasteiger partial charge in [0.1, 0.15) is 5.82 Å². The lowest BCUT2D eigenvalue weighted by molar-refractivity contribution is 0.261. The second kappa shape index (κ2) is 6.40. The van der Waals surface area contributed by atoms with E-state index in [0.717, 1.165) is 18.9 Å². The average Bonchev–Trinajstić information content (AvgIpc) is 2.29. The number of hydrogen-bond donors (Lipinski definition) is 1. The number of anilines is 1. The number of aromatic nitrogens is 1. The van der Waals surface area contributed by atoms with Crippen LogP contribution in [0.5, 0.6) is 0 Å². The number of pyridine rings is 1. The van der Waals surface area contributed by atoms with Gasteiger partial charge in [0.2, 0.25) is 0 Å². The van der Waals surface area contributed by atoms with Gasteiger partial charge in [0.05, 0.1) is 0 Å². The van der Waals surface area contributed by atoms with Crippen LogP contribution in [0, 0.1) is 0 Å². The van der Waals surface area contributed by atoms with Crippen LogP contribution in [-0.4, -0.2) is 36.1 Å². The number of rotatable bonds is 6. The van der Waals surface area contributed by atoms with Crippen molar-refractivity contribution < 1.29 is 0 Å². The van der Waals surface area contributed by atoms with Crippen LogP contribution >= 0.6 is 0 Å². The van der Waals surface area contributed by atoms with E-state index in [1.54, 1.807) is 6.20 Å². The molecule has 3 nitrogen and oxygen atoms in total. The van der Waals surface area contributed by atoms with E-state index in [1.807, 2.05) is 18.2 Å². The van der Waals surface area contributed by atoms with Crippen LogP contribution in [0.2, 0.25) is 0 Å². The van der Waals surface area contributed by atoms with Crippen LogP contribution in [0.15, 0.2) is 24.4 Å². The molecule has 0 aliphatic rings. The number of likely N-dealkylation sites (N-methyl/N-ethyl adjacent to an activating group) is 1. The van der Waals surface area contributed by atoms with Gasteiger partial charge >= 0.3 is 0 Å². The van der Waals surface area contributed by atoms with Crippen molar-refractivity contribution in [2.24, 2.45) is 0 Å². The Labute approximate surface area is 92.5 Å². The highest BCUT2D eigenvalue weighted by Crippen LogP contribution is 2.01. The molecule has 0 radical (unpaired) electrons. The van der Waals surface area contributed by atoms with Crippen LogP contribution in [0.4, 0.5) is 5.82 Å². The zero-order valence-electron chi connectivity index (χ0n) is 9.90. The maximum Gasteiger partial charge on any atom is 0.125 e. The Morgan fingerprint density at radius 1 is 1.47 bits per heavy atom. The molecule has 0 fully saturated rings. The van der Waals surface area contributed by atoms with Crippen molar-refractivity contribution in [3.63, 3.8) is 0 Å². The second-order valence-corrected chi connectivity index (χ2v) is 3.88. The Morgan fingerprint density at radius 3 is 2.87 bits per heavy atom. The fourth-order valence-corrected chi connectivity index (χ4v) is 1.36. The molecule has 0 aromatic carbocycles. The van der Waals surface area contributed by atoms with Gasteiger partial charge in [-0.1, -0.05) is 13.0 Å². The Hall–Kier alpha value is -1.09. The quantitative estimate of drug-likeness (QED) is 0.775. The molecule has 1 aromatic rings. The van der Waals surface area contributed by atoms with Crippen molar-refractivity contribution in [3.05, 3.63) is 24.4 Å². The maximum atomic E-state index is 4.21. The van der Waals surface area contributed by atoms with E-state index in [-0.39, 0.29) is 0 Å². The SMILES string of the molecule is CCC(C)N(C)CCNc1ccccn1. The summed E-state index contributed by atoms with van der Waals surface area (Å²) in [6.07, 6.45) is 3.00. The van der Waals surface area contributed by atoms with Gasteiger partial charge in [0.15, 0.2) is 0 Å². The minimum absolute atomic E-state index is 0.649. The first-order valence-electron chi connectivity index (χ1n) is 5.59. The molecule has 0 spiro atoms. The molecule has 0 bridgehead atoms. The summed E-state index contributed by atoms with van der Waals surface area (Å²) in [7, 11) is 2.16. The lowest BCUT2D eigenvalue weighted by Gasteiger charge is -2.23. The molecule has 0 aliphatic carbocycles. The van der Waals surface area contributed by atoms with Gasteiger partial charge in [-0.15, -0.1) is 0 Å². The molecule has 1 atom stereocenters. The van der Waals surface area contributed by atoms with Crippen molar-refractivity contribution in [2.75, 3.05) is 25.5 Å². The van der Waals surface area contributed by atoms with Crippen molar-refractivity contribution in [2.45, 2.75) is 26.3 Å². The summed E-state index contributed by atoms with van der Waals surface area (Å²) in [5, 5.41) is 3.30. The normalized spacial score (nSPS) is 12.8. The smallest absolute Gasteiger partial charge is 0.125 e. The topological polar surface area (TPSA) is 28.2 Å². The molecule has 15 heavy (non-hydrogen) atoms. The van der Waals surface area contributed by atoms with Crippen LogP contribution in [0.3, 0.4) is 0 Å². The molecular weight excluding hydrogens is 186 g/mol. The van der Waals surface area contributed by atoms with Crippen molar-refractivity contribution >= 4 is 5.82 Å². The molecule has 1 rings (SSSR count). The minimum atomic E-state index is 0.649. The lowest BCUT2D eigenvalue weighted by Crippen LogP contribution is -2.32. The van der Waals surface area contributed by atoms with Crippen LogP contribution in [0.25, 0.3) is 0 Å². The summed E-state index contributed by atoms with van der Waals surface area (Å²) in [6, 6.07) is 6.56. The molecule has 0 saturated carbocycles. The van der Waals surface area contributed by atoms with E-state index < -0.39 is 0 Å². The molecule has 0 saturated heterocycles. The van der Waals surface area contributed by atoms with Crippen LogP contribution < -0.4 is 5.32 Å². The Bertz CT molecular complexity index is 261. The van der Waals surface area contributed by atoms with Crippen LogP contribution in [-0.2, 0) is 0 Å². The van der Waals surface area contributed by atoms with Gasteiger partial charge in [-0.3, -0.25) is 0 Å². The molecule has 1 aromatic heterocycles. The van der Waals surface area contributed by atoms with E-state index in [9.17, 15) is 0 Å². The first-order valence-corrected chi connectivity index (χ1v) is 5.59. The van der Waals surface area contributed by atoms with Crippen molar-refractivity contribution in [1.29, 1.82) is 0 Å². The zero-order chi connectivity index (χ0) is 11.1. The summed E-state index contributed by atoms with van der Waals surface area (Å²) >= 11 is 0. The van der Waals surface area contributed by atoms with Gasteiger partial charge in [0, 0.05) is 25.3 Å². The standard InChI is InChI=1S/C12H21N3/c1-4-11(2)15(3)10-9-14-12-7-5-6-8-13-12/h5-8,11H,4,9-10H2,1-3H3,(H,13,14). The highest BCUT2D eigenvalue weighted by molar-refractivity contribution is 5.32. The van der Waals surface area contributed by atoms with Gasteiger partial charge < -0.3 is 10.2 Å². The molecular formula is C12H21N3.